The van der Waals surface area contributed by atoms with Gasteiger partial charge in [-0.25, -0.2) is 0 Å². The average molecular weight is 385 g/mol. The van der Waals surface area contributed by atoms with Gasteiger partial charge in [0.1, 0.15) is 5.60 Å². The van der Waals surface area contributed by atoms with Crippen LogP contribution in [0.2, 0.25) is 0 Å². The van der Waals surface area contributed by atoms with E-state index in [-0.39, 0.29) is 11.9 Å². The first-order valence-electron chi connectivity index (χ1n) is 9.18. The van der Waals surface area contributed by atoms with Crippen molar-refractivity contribution >= 4 is 5.70 Å². The van der Waals surface area contributed by atoms with Crippen molar-refractivity contribution in [2.24, 2.45) is 0 Å². The Labute approximate surface area is 155 Å². The standard InChI is InChI=1S/C19H22F3NO4/c20-19(21,22)12-25-16-6-5-13(9-17(16)26-14-3-1-2-4-14)15-10-18(27-23-15)7-8-24-11-18/h5-6,9-10,14,23H,1-4,7-8,11-12H2. The van der Waals surface area contributed by atoms with Crippen LogP contribution in [0, 0.1) is 0 Å². The highest BCUT2D eigenvalue weighted by atomic mass is 19.4. The Hall–Kier alpha value is -1.93. The maximum absolute atomic E-state index is 12.6. The molecule has 1 aromatic rings. The van der Waals surface area contributed by atoms with Crippen LogP contribution in [0.25, 0.3) is 5.70 Å². The third-order valence-electron chi connectivity index (χ3n) is 5.03. The second-order valence-electron chi connectivity index (χ2n) is 7.22. The zero-order valence-corrected chi connectivity index (χ0v) is 14.8. The number of hydrogen-bond donors (Lipinski definition) is 1. The van der Waals surface area contributed by atoms with Crippen LogP contribution in [0.4, 0.5) is 13.2 Å². The van der Waals surface area contributed by atoms with E-state index in [1.807, 2.05) is 6.08 Å². The first-order valence-corrected chi connectivity index (χ1v) is 9.18. The molecule has 2 heterocycles. The third-order valence-corrected chi connectivity index (χ3v) is 5.03. The van der Waals surface area contributed by atoms with Gasteiger partial charge in [0.25, 0.3) is 0 Å². The second kappa shape index (κ2) is 7.24. The Kier molecular flexibility index (Phi) is 4.94. The molecule has 0 radical (unpaired) electrons. The van der Waals surface area contributed by atoms with Gasteiger partial charge in [-0.15, -0.1) is 0 Å². The summed E-state index contributed by atoms with van der Waals surface area (Å²) in [5, 5.41) is 0. The predicted octanol–water partition coefficient (Wildman–Crippen LogP) is 3.98. The average Bonchev–Trinajstić information content (AvgIpc) is 3.37. The lowest BCUT2D eigenvalue weighted by Crippen LogP contribution is -2.29. The van der Waals surface area contributed by atoms with E-state index < -0.39 is 18.4 Å². The molecule has 148 valence electrons. The van der Waals surface area contributed by atoms with Gasteiger partial charge in [-0.3, -0.25) is 10.3 Å². The van der Waals surface area contributed by atoms with E-state index in [4.69, 9.17) is 19.0 Å². The van der Waals surface area contributed by atoms with Gasteiger partial charge in [0, 0.05) is 18.6 Å². The lowest BCUT2D eigenvalue weighted by atomic mass is 10.0. The summed E-state index contributed by atoms with van der Waals surface area (Å²) in [5.74, 6) is 0.427. The van der Waals surface area contributed by atoms with Gasteiger partial charge in [-0.05, 0) is 50.0 Å². The molecule has 1 saturated heterocycles. The molecule has 0 bridgehead atoms. The van der Waals surface area contributed by atoms with Crippen LogP contribution in [0.1, 0.15) is 37.7 Å². The fourth-order valence-electron chi connectivity index (χ4n) is 3.61. The van der Waals surface area contributed by atoms with Crippen molar-refractivity contribution in [1.29, 1.82) is 0 Å². The van der Waals surface area contributed by atoms with Crippen LogP contribution in [-0.2, 0) is 9.57 Å². The molecule has 0 aromatic heterocycles. The van der Waals surface area contributed by atoms with Gasteiger partial charge in [-0.1, -0.05) is 0 Å². The highest BCUT2D eigenvalue weighted by Gasteiger charge is 2.39. The molecule has 1 atom stereocenters. The van der Waals surface area contributed by atoms with E-state index >= 15 is 0 Å². The summed E-state index contributed by atoms with van der Waals surface area (Å²) in [5.41, 5.74) is 3.95. The number of hydrogen-bond acceptors (Lipinski definition) is 5. The van der Waals surface area contributed by atoms with Crippen molar-refractivity contribution < 1.29 is 32.2 Å². The normalized spacial score (nSPS) is 25.7. The van der Waals surface area contributed by atoms with Crippen LogP contribution < -0.4 is 15.0 Å². The molecule has 3 aliphatic rings. The molecule has 1 spiro atoms. The molecular weight excluding hydrogens is 363 g/mol. The quantitative estimate of drug-likeness (QED) is 0.831. The Morgan fingerprint density at radius 1 is 1.19 bits per heavy atom. The molecule has 27 heavy (non-hydrogen) atoms. The van der Waals surface area contributed by atoms with Crippen LogP contribution in [0.5, 0.6) is 11.5 Å². The maximum atomic E-state index is 12.6. The highest BCUT2D eigenvalue weighted by Crippen LogP contribution is 2.38. The molecule has 2 fully saturated rings. The van der Waals surface area contributed by atoms with Crippen molar-refractivity contribution in [1.82, 2.24) is 5.48 Å². The molecule has 1 aliphatic carbocycles. The molecule has 1 saturated carbocycles. The van der Waals surface area contributed by atoms with E-state index in [1.54, 1.807) is 12.1 Å². The van der Waals surface area contributed by atoms with Crippen molar-refractivity contribution in [2.45, 2.75) is 50.0 Å². The number of ether oxygens (including phenoxy) is 3. The van der Waals surface area contributed by atoms with E-state index in [1.165, 1.54) is 6.07 Å². The minimum Gasteiger partial charge on any atom is -0.487 e. The van der Waals surface area contributed by atoms with E-state index in [0.29, 0.717) is 19.0 Å². The van der Waals surface area contributed by atoms with Crippen molar-refractivity contribution in [3.05, 3.63) is 29.8 Å². The number of alkyl halides is 3. The number of benzene rings is 1. The summed E-state index contributed by atoms with van der Waals surface area (Å²) in [6.45, 7) is -0.245. The lowest BCUT2D eigenvalue weighted by molar-refractivity contribution is -0.153. The molecule has 0 amide bonds. The molecule has 1 aromatic carbocycles. The Morgan fingerprint density at radius 2 is 2.00 bits per heavy atom. The molecule has 5 nitrogen and oxygen atoms in total. The largest absolute Gasteiger partial charge is 0.487 e. The second-order valence-corrected chi connectivity index (χ2v) is 7.22. The van der Waals surface area contributed by atoms with Gasteiger partial charge >= 0.3 is 6.18 Å². The van der Waals surface area contributed by atoms with Crippen LogP contribution in [-0.4, -0.2) is 37.7 Å². The van der Waals surface area contributed by atoms with Crippen molar-refractivity contribution in [3.8, 4) is 11.5 Å². The summed E-state index contributed by atoms with van der Waals surface area (Å²) in [7, 11) is 0. The smallest absolute Gasteiger partial charge is 0.422 e. The minimum atomic E-state index is -4.40. The fourth-order valence-corrected chi connectivity index (χ4v) is 3.61. The number of rotatable bonds is 5. The maximum Gasteiger partial charge on any atom is 0.422 e. The van der Waals surface area contributed by atoms with E-state index in [9.17, 15) is 13.2 Å². The Morgan fingerprint density at radius 3 is 2.70 bits per heavy atom. The van der Waals surface area contributed by atoms with Crippen molar-refractivity contribution in [2.75, 3.05) is 19.8 Å². The number of nitrogens with one attached hydrogen (secondary N) is 1. The number of hydroxylamine groups is 1. The van der Waals surface area contributed by atoms with Gasteiger partial charge in [0.05, 0.1) is 18.4 Å². The summed E-state index contributed by atoms with van der Waals surface area (Å²) >= 11 is 0. The van der Waals surface area contributed by atoms with E-state index in [0.717, 1.165) is 43.4 Å². The first-order chi connectivity index (χ1) is 12.9. The Bertz CT molecular complexity index is 707. The molecule has 2 aliphatic heterocycles. The van der Waals surface area contributed by atoms with Crippen molar-refractivity contribution in [3.63, 3.8) is 0 Å². The minimum absolute atomic E-state index is 0.00447. The Balaban J connectivity index is 1.57. The SMILES string of the molecule is FC(F)(F)COc1ccc(C2=CC3(CCOC3)ON2)cc1OC1CCCC1. The van der Waals surface area contributed by atoms with Crippen LogP contribution in [0.15, 0.2) is 24.3 Å². The summed E-state index contributed by atoms with van der Waals surface area (Å²) in [4.78, 5) is 5.68. The fraction of sp³-hybridized carbons (Fsp3) is 0.579. The molecule has 4 rings (SSSR count). The lowest BCUT2D eigenvalue weighted by Gasteiger charge is -2.19. The zero-order valence-electron chi connectivity index (χ0n) is 14.8. The topological polar surface area (TPSA) is 49.0 Å². The summed E-state index contributed by atoms with van der Waals surface area (Å²) < 4.78 is 54.0. The van der Waals surface area contributed by atoms with Gasteiger partial charge in [0.2, 0.25) is 0 Å². The van der Waals surface area contributed by atoms with Gasteiger partial charge in [-0.2, -0.15) is 13.2 Å². The van der Waals surface area contributed by atoms with E-state index in [2.05, 4.69) is 5.48 Å². The van der Waals surface area contributed by atoms with Crippen LogP contribution >= 0.6 is 0 Å². The monoisotopic (exact) mass is 385 g/mol. The highest BCUT2D eigenvalue weighted by molar-refractivity contribution is 5.68. The number of halogens is 3. The third kappa shape index (κ3) is 4.32. The van der Waals surface area contributed by atoms with Gasteiger partial charge in [0.15, 0.2) is 18.1 Å². The predicted molar refractivity (Wildman–Crippen MR) is 91.2 cm³/mol. The van der Waals surface area contributed by atoms with Gasteiger partial charge < -0.3 is 14.2 Å². The first kappa shape index (κ1) is 18.4. The zero-order chi connectivity index (χ0) is 18.9. The summed E-state index contributed by atoms with van der Waals surface area (Å²) in [6.07, 6.45) is 2.23. The molecule has 1 unspecified atom stereocenters. The molecule has 1 N–H and O–H groups in total. The molecule has 8 heteroatoms. The summed E-state index contributed by atoms with van der Waals surface area (Å²) in [6, 6.07) is 4.93. The van der Waals surface area contributed by atoms with Crippen LogP contribution in [0.3, 0.4) is 0 Å². The molecular formula is C19H22F3NO4.